The minimum absolute atomic E-state index is 0.163. The van der Waals surface area contributed by atoms with Gasteiger partial charge in [0, 0.05) is 5.56 Å². The number of methoxy groups -OCH3 is 1. The van der Waals surface area contributed by atoms with Gasteiger partial charge >= 0.3 is 0 Å². The number of aromatic nitrogens is 2. The third kappa shape index (κ3) is 5.42. The van der Waals surface area contributed by atoms with Crippen LogP contribution in [0, 0.1) is 0 Å². The summed E-state index contributed by atoms with van der Waals surface area (Å²) in [5, 5.41) is 6.76. The number of anilines is 1. The number of ether oxygens (including phenoxy) is 3. The molecule has 0 bridgehead atoms. The van der Waals surface area contributed by atoms with E-state index in [0.717, 1.165) is 0 Å². The molecule has 0 saturated heterocycles. The summed E-state index contributed by atoms with van der Waals surface area (Å²) in [6.07, 6.45) is 0. The van der Waals surface area contributed by atoms with E-state index in [9.17, 15) is 4.79 Å². The predicted octanol–water partition coefficient (Wildman–Crippen LogP) is 4.34. The van der Waals surface area contributed by atoms with Crippen molar-refractivity contribution >= 4 is 11.6 Å². The van der Waals surface area contributed by atoms with E-state index < -0.39 is 0 Å². The van der Waals surface area contributed by atoms with Crippen molar-refractivity contribution in [3.63, 3.8) is 0 Å². The third-order valence-electron chi connectivity index (χ3n) is 4.42. The lowest BCUT2D eigenvalue weighted by molar-refractivity contribution is -0.118. The van der Waals surface area contributed by atoms with Gasteiger partial charge in [0.25, 0.3) is 11.8 Å². The lowest BCUT2D eigenvalue weighted by Crippen LogP contribution is -2.20. The molecule has 0 saturated carbocycles. The van der Waals surface area contributed by atoms with Crippen molar-refractivity contribution in [3.8, 4) is 28.6 Å². The highest BCUT2D eigenvalue weighted by Gasteiger charge is 2.12. The molecule has 0 unspecified atom stereocenters. The van der Waals surface area contributed by atoms with E-state index in [1.54, 1.807) is 37.4 Å². The van der Waals surface area contributed by atoms with Crippen LogP contribution >= 0.6 is 0 Å². The molecule has 0 aliphatic rings. The Labute approximate surface area is 184 Å². The van der Waals surface area contributed by atoms with Crippen LogP contribution in [0.25, 0.3) is 11.4 Å². The van der Waals surface area contributed by atoms with Gasteiger partial charge in [-0.25, -0.2) is 0 Å². The quantitative estimate of drug-likeness (QED) is 0.421. The molecule has 0 atom stereocenters. The van der Waals surface area contributed by atoms with Gasteiger partial charge in [-0.15, -0.1) is 0 Å². The maximum absolute atomic E-state index is 12.3. The van der Waals surface area contributed by atoms with Gasteiger partial charge in [-0.1, -0.05) is 47.6 Å². The van der Waals surface area contributed by atoms with Crippen LogP contribution < -0.4 is 19.5 Å². The van der Waals surface area contributed by atoms with Crippen LogP contribution in [0.4, 0.5) is 5.69 Å². The Bertz CT molecular complexity index is 1180. The minimum Gasteiger partial charge on any atom is -0.495 e. The van der Waals surface area contributed by atoms with Crippen LogP contribution in [0.15, 0.2) is 83.4 Å². The molecule has 4 rings (SSSR count). The summed E-state index contributed by atoms with van der Waals surface area (Å²) >= 11 is 0. The van der Waals surface area contributed by atoms with Crippen LogP contribution in [0.3, 0.4) is 0 Å². The first-order chi connectivity index (χ1) is 15.7. The molecule has 0 radical (unpaired) electrons. The van der Waals surface area contributed by atoms with E-state index in [2.05, 4.69) is 15.5 Å². The molecule has 0 fully saturated rings. The molecule has 1 aromatic heterocycles. The zero-order chi connectivity index (χ0) is 22.2. The fourth-order valence-electron chi connectivity index (χ4n) is 2.90. The van der Waals surface area contributed by atoms with Crippen molar-refractivity contribution in [2.75, 3.05) is 19.0 Å². The minimum atomic E-state index is -0.306. The number of nitrogens with zero attached hydrogens (tertiary/aromatic N) is 2. The number of hydrogen-bond donors (Lipinski definition) is 1. The van der Waals surface area contributed by atoms with Crippen LogP contribution in [-0.2, 0) is 11.4 Å². The van der Waals surface area contributed by atoms with Crippen molar-refractivity contribution < 1.29 is 23.5 Å². The topological polar surface area (TPSA) is 95.7 Å². The monoisotopic (exact) mass is 431 g/mol. The van der Waals surface area contributed by atoms with E-state index in [0.29, 0.717) is 40.2 Å². The van der Waals surface area contributed by atoms with Gasteiger partial charge in [0.05, 0.1) is 12.8 Å². The average molecular weight is 431 g/mol. The second-order valence-corrected chi connectivity index (χ2v) is 6.68. The Balaban J connectivity index is 1.34. The molecule has 1 heterocycles. The van der Waals surface area contributed by atoms with E-state index in [-0.39, 0.29) is 19.1 Å². The summed E-state index contributed by atoms with van der Waals surface area (Å²) in [4.78, 5) is 16.6. The van der Waals surface area contributed by atoms with Crippen molar-refractivity contribution in [1.82, 2.24) is 10.1 Å². The highest BCUT2D eigenvalue weighted by atomic mass is 16.5. The smallest absolute Gasteiger partial charge is 0.264 e. The summed E-state index contributed by atoms with van der Waals surface area (Å²) < 4.78 is 21.7. The van der Waals surface area contributed by atoms with Gasteiger partial charge in [-0.2, -0.15) is 4.98 Å². The fourth-order valence-corrected chi connectivity index (χ4v) is 2.90. The van der Waals surface area contributed by atoms with Crippen LogP contribution in [0.1, 0.15) is 5.89 Å². The van der Waals surface area contributed by atoms with Crippen molar-refractivity contribution in [3.05, 3.63) is 84.8 Å². The Morgan fingerprint density at radius 3 is 2.56 bits per heavy atom. The van der Waals surface area contributed by atoms with Crippen LogP contribution in [-0.4, -0.2) is 29.8 Å². The molecule has 3 aromatic carbocycles. The van der Waals surface area contributed by atoms with E-state index in [1.165, 1.54) is 0 Å². The lowest BCUT2D eigenvalue weighted by Gasteiger charge is -2.10. The van der Waals surface area contributed by atoms with Crippen LogP contribution in [0.5, 0.6) is 17.2 Å². The zero-order valence-corrected chi connectivity index (χ0v) is 17.4. The van der Waals surface area contributed by atoms with Crippen molar-refractivity contribution in [2.24, 2.45) is 0 Å². The number of para-hydroxylation sites is 3. The molecule has 8 nitrogen and oxygen atoms in total. The van der Waals surface area contributed by atoms with Crippen LogP contribution in [0.2, 0.25) is 0 Å². The molecule has 0 aliphatic carbocycles. The summed E-state index contributed by atoms with van der Waals surface area (Å²) in [6, 6.07) is 23.7. The first-order valence-electron chi connectivity index (χ1n) is 9.88. The summed E-state index contributed by atoms with van der Waals surface area (Å²) in [5.41, 5.74) is 1.27. The second kappa shape index (κ2) is 10.1. The SMILES string of the molecule is COc1ccccc1NC(=O)COc1cccc(-c2noc(COc3ccccc3)n2)c1. The molecule has 162 valence electrons. The highest BCUT2D eigenvalue weighted by Crippen LogP contribution is 2.24. The van der Waals surface area contributed by atoms with Gasteiger partial charge in [-0.05, 0) is 36.4 Å². The number of nitrogens with one attached hydrogen (secondary N) is 1. The molecule has 8 heteroatoms. The zero-order valence-electron chi connectivity index (χ0n) is 17.4. The van der Waals surface area contributed by atoms with E-state index >= 15 is 0 Å². The first kappa shape index (κ1) is 20.9. The van der Waals surface area contributed by atoms with Gasteiger partial charge in [-0.3, -0.25) is 4.79 Å². The molecule has 1 N–H and O–H groups in total. The molecule has 4 aromatic rings. The number of carbonyl (C=O) groups is 1. The number of benzene rings is 3. The molecular formula is C24H21N3O5. The van der Waals surface area contributed by atoms with E-state index in [4.69, 9.17) is 18.7 Å². The average Bonchev–Trinajstić information content (AvgIpc) is 3.32. The normalized spacial score (nSPS) is 10.4. The molecule has 1 amide bonds. The Hall–Kier alpha value is -4.33. The van der Waals surface area contributed by atoms with Gasteiger partial charge in [0.15, 0.2) is 13.2 Å². The highest BCUT2D eigenvalue weighted by molar-refractivity contribution is 5.93. The maximum atomic E-state index is 12.3. The molecule has 32 heavy (non-hydrogen) atoms. The Kier molecular flexibility index (Phi) is 6.62. The number of amides is 1. The number of rotatable bonds is 9. The number of hydrogen-bond acceptors (Lipinski definition) is 7. The van der Waals surface area contributed by atoms with Crippen molar-refractivity contribution in [1.29, 1.82) is 0 Å². The van der Waals surface area contributed by atoms with Gasteiger partial charge in [0.1, 0.15) is 17.2 Å². The third-order valence-corrected chi connectivity index (χ3v) is 4.42. The Morgan fingerprint density at radius 2 is 1.72 bits per heavy atom. The first-order valence-corrected chi connectivity index (χ1v) is 9.88. The number of carbonyl (C=O) groups excluding carboxylic acids is 1. The van der Waals surface area contributed by atoms with Crippen molar-refractivity contribution in [2.45, 2.75) is 6.61 Å². The largest absolute Gasteiger partial charge is 0.495 e. The summed E-state index contributed by atoms with van der Waals surface area (Å²) in [5.74, 6) is 2.25. The summed E-state index contributed by atoms with van der Waals surface area (Å²) in [7, 11) is 1.55. The van der Waals surface area contributed by atoms with Gasteiger partial charge in [0.2, 0.25) is 5.82 Å². The standard InChI is InChI=1S/C24H21N3O5/c1-29-21-13-6-5-12-20(21)25-22(28)15-30-19-11-7-8-17(14-19)24-26-23(32-27-24)16-31-18-9-3-2-4-10-18/h2-14H,15-16H2,1H3,(H,25,28). The fraction of sp³-hybridized carbons (Fsp3) is 0.125. The van der Waals surface area contributed by atoms with Gasteiger partial charge < -0.3 is 24.1 Å². The Morgan fingerprint density at radius 1 is 0.938 bits per heavy atom. The molecule has 0 spiro atoms. The van der Waals surface area contributed by atoms with E-state index in [1.807, 2.05) is 48.5 Å². The maximum Gasteiger partial charge on any atom is 0.264 e. The summed E-state index contributed by atoms with van der Waals surface area (Å²) in [6.45, 7) is 0.000233. The molecular weight excluding hydrogens is 410 g/mol. The lowest BCUT2D eigenvalue weighted by atomic mass is 10.2. The second-order valence-electron chi connectivity index (χ2n) is 6.68. The predicted molar refractivity (Wildman–Crippen MR) is 118 cm³/mol. The molecule has 0 aliphatic heterocycles.